The first-order valence-corrected chi connectivity index (χ1v) is 10.5. The maximum absolute atomic E-state index is 12.7. The second kappa shape index (κ2) is 8.78. The first kappa shape index (κ1) is 19.6. The number of nitrogens with one attached hydrogen (secondary N) is 1. The molecule has 2 aliphatic rings. The second-order valence-corrected chi connectivity index (χ2v) is 7.88. The largest absolute Gasteiger partial charge is 0.369 e. The maximum Gasteiger partial charge on any atom is 0.228 e. The number of carbonyl (C=O) groups is 2. The summed E-state index contributed by atoms with van der Waals surface area (Å²) >= 11 is 0. The van der Waals surface area contributed by atoms with E-state index in [9.17, 15) is 9.59 Å². The SMILES string of the molecule is Cc1cc2n(n1)CCCN2C(=O)CCC(=O)Cc1ccc(N2CCNCC2)cc1. The van der Waals surface area contributed by atoms with Crippen LogP contribution in [0.5, 0.6) is 0 Å². The van der Waals surface area contributed by atoms with Crippen LogP contribution in [-0.2, 0) is 22.6 Å². The van der Waals surface area contributed by atoms with E-state index in [0.717, 1.165) is 56.2 Å². The highest BCUT2D eigenvalue weighted by atomic mass is 16.2. The molecule has 7 nitrogen and oxygen atoms in total. The molecule has 3 heterocycles. The lowest BCUT2D eigenvalue weighted by molar-refractivity contribution is -0.123. The van der Waals surface area contributed by atoms with Gasteiger partial charge in [-0.05, 0) is 31.0 Å². The van der Waals surface area contributed by atoms with Crippen LogP contribution in [0, 0.1) is 6.92 Å². The van der Waals surface area contributed by atoms with Crippen LogP contribution in [0.15, 0.2) is 30.3 Å². The quantitative estimate of drug-likeness (QED) is 0.809. The van der Waals surface area contributed by atoms with Gasteiger partial charge in [-0.1, -0.05) is 12.1 Å². The monoisotopic (exact) mass is 395 g/mol. The van der Waals surface area contributed by atoms with Gasteiger partial charge >= 0.3 is 0 Å². The minimum absolute atomic E-state index is 0.00764. The number of ketones is 1. The van der Waals surface area contributed by atoms with Gasteiger partial charge in [0.15, 0.2) is 0 Å². The van der Waals surface area contributed by atoms with Gasteiger partial charge < -0.3 is 10.2 Å². The number of hydrogen-bond acceptors (Lipinski definition) is 5. The molecule has 4 rings (SSSR count). The lowest BCUT2D eigenvalue weighted by Crippen LogP contribution is -2.43. The summed E-state index contributed by atoms with van der Waals surface area (Å²) in [6.45, 7) is 7.51. The third kappa shape index (κ3) is 4.67. The van der Waals surface area contributed by atoms with Crippen LogP contribution in [0.3, 0.4) is 0 Å². The van der Waals surface area contributed by atoms with Crippen molar-refractivity contribution in [2.24, 2.45) is 0 Å². The van der Waals surface area contributed by atoms with Gasteiger partial charge in [-0.15, -0.1) is 0 Å². The number of nitrogens with zero attached hydrogens (tertiary/aromatic N) is 4. The Bertz CT molecular complexity index is 868. The summed E-state index contributed by atoms with van der Waals surface area (Å²) in [6, 6.07) is 10.2. The van der Waals surface area contributed by atoms with Gasteiger partial charge in [0, 0.05) is 70.3 Å². The Labute approximate surface area is 171 Å². The Morgan fingerprint density at radius 3 is 2.55 bits per heavy atom. The number of benzene rings is 1. The van der Waals surface area contributed by atoms with E-state index in [-0.39, 0.29) is 24.5 Å². The molecule has 2 aliphatic heterocycles. The standard InChI is InChI=1S/C22H29N5O2/c1-17-15-21-26(11-2-12-27(21)24-17)22(29)8-7-20(28)16-18-3-5-19(6-4-18)25-13-9-23-10-14-25/h3-6,15,23H,2,7-14,16H2,1H3. The third-order valence-electron chi connectivity index (χ3n) is 5.65. The first-order valence-electron chi connectivity index (χ1n) is 10.5. The molecule has 0 saturated carbocycles. The molecular formula is C22H29N5O2. The fourth-order valence-corrected chi connectivity index (χ4v) is 4.10. The topological polar surface area (TPSA) is 70.5 Å². The number of hydrogen-bond donors (Lipinski definition) is 1. The Kier molecular flexibility index (Phi) is 5.94. The van der Waals surface area contributed by atoms with Gasteiger partial charge in [0.2, 0.25) is 5.91 Å². The zero-order valence-electron chi connectivity index (χ0n) is 17.1. The van der Waals surface area contributed by atoms with E-state index in [0.29, 0.717) is 13.0 Å². The molecular weight excluding hydrogens is 366 g/mol. The summed E-state index contributed by atoms with van der Waals surface area (Å²) in [6.07, 6.45) is 1.81. The Balaban J connectivity index is 1.28. The molecule has 1 aromatic heterocycles. The van der Waals surface area contributed by atoms with Crippen molar-refractivity contribution < 1.29 is 9.59 Å². The van der Waals surface area contributed by atoms with Crippen molar-refractivity contribution in [1.29, 1.82) is 0 Å². The number of anilines is 2. The third-order valence-corrected chi connectivity index (χ3v) is 5.65. The highest BCUT2D eigenvalue weighted by molar-refractivity contribution is 5.95. The van der Waals surface area contributed by atoms with E-state index >= 15 is 0 Å². The summed E-state index contributed by atoms with van der Waals surface area (Å²) in [5, 5.41) is 7.78. The van der Waals surface area contributed by atoms with Crippen molar-refractivity contribution in [3.8, 4) is 0 Å². The van der Waals surface area contributed by atoms with Gasteiger partial charge in [0.1, 0.15) is 11.6 Å². The van der Waals surface area contributed by atoms with Crippen LogP contribution in [0.25, 0.3) is 0 Å². The van der Waals surface area contributed by atoms with Crippen LogP contribution in [0.1, 0.15) is 30.5 Å². The fraction of sp³-hybridized carbons (Fsp3) is 0.500. The van der Waals surface area contributed by atoms with E-state index in [2.05, 4.69) is 27.4 Å². The minimum Gasteiger partial charge on any atom is -0.369 e. The molecule has 1 N–H and O–H groups in total. The van der Waals surface area contributed by atoms with Gasteiger partial charge in [-0.25, -0.2) is 4.68 Å². The zero-order valence-corrected chi connectivity index (χ0v) is 17.1. The summed E-state index contributed by atoms with van der Waals surface area (Å²) < 4.78 is 1.89. The highest BCUT2D eigenvalue weighted by Crippen LogP contribution is 2.23. The van der Waals surface area contributed by atoms with Gasteiger partial charge in [0.25, 0.3) is 0 Å². The summed E-state index contributed by atoms with van der Waals surface area (Å²) in [4.78, 5) is 29.2. The molecule has 1 amide bonds. The smallest absolute Gasteiger partial charge is 0.228 e. The molecule has 7 heteroatoms. The molecule has 0 radical (unpaired) electrons. The molecule has 0 atom stereocenters. The van der Waals surface area contributed by atoms with Crippen LogP contribution in [0.4, 0.5) is 11.5 Å². The van der Waals surface area contributed by atoms with E-state index < -0.39 is 0 Å². The van der Waals surface area contributed by atoms with Gasteiger partial charge in [-0.3, -0.25) is 14.5 Å². The number of Topliss-reactive ketones (excluding diaryl/α,β-unsaturated/α-hetero) is 1. The molecule has 0 bridgehead atoms. The lowest BCUT2D eigenvalue weighted by Gasteiger charge is -2.29. The predicted molar refractivity (Wildman–Crippen MR) is 113 cm³/mol. The predicted octanol–water partition coefficient (Wildman–Crippen LogP) is 1.93. The number of aromatic nitrogens is 2. The van der Waals surface area contributed by atoms with Gasteiger partial charge in [0.05, 0.1) is 5.69 Å². The van der Waals surface area contributed by atoms with Crippen molar-refractivity contribution in [1.82, 2.24) is 15.1 Å². The Hall–Kier alpha value is -2.67. The van der Waals surface area contributed by atoms with Crippen LogP contribution < -0.4 is 15.1 Å². The van der Waals surface area contributed by atoms with E-state index in [1.165, 1.54) is 5.69 Å². The normalized spacial score (nSPS) is 16.6. The minimum atomic E-state index is 0.00764. The molecule has 0 spiro atoms. The molecule has 0 unspecified atom stereocenters. The number of piperazine rings is 1. The second-order valence-electron chi connectivity index (χ2n) is 7.88. The number of aryl methyl sites for hydroxylation is 2. The molecule has 0 aliphatic carbocycles. The van der Waals surface area contributed by atoms with Crippen LogP contribution in [-0.4, -0.2) is 54.2 Å². The fourth-order valence-electron chi connectivity index (χ4n) is 4.10. The molecule has 154 valence electrons. The Morgan fingerprint density at radius 2 is 1.79 bits per heavy atom. The number of fused-ring (bicyclic) bond motifs is 1. The Morgan fingerprint density at radius 1 is 1.03 bits per heavy atom. The van der Waals surface area contributed by atoms with Crippen molar-refractivity contribution in [3.05, 3.63) is 41.6 Å². The average Bonchev–Trinajstić information content (AvgIpc) is 3.13. The highest BCUT2D eigenvalue weighted by Gasteiger charge is 2.24. The zero-order chi connectivity index (χ0) is 20.2. The first-order chi connectivity index (χ1) is 14.1. The van der Waals surface area contributed by atoms with E-state index in [1.54, 1.807) is 4.90 Å². The van der Waals surface area contributed by atoms with Crippen molar-refractivity contribution in [3.63, 3.8) is 0 Å². The van der Waals surface area contributed by atoms with Crippen molar-refractivity contribution in [2.45, 2.75) is 39.2 Å². The summed E-state index contributed by atoms with van der Waals surface area (Å²) in [5.74, 6) is 0.970. The van der Waals surface area contributed by atoms with Crippen molar-refractivity contribution in [2.75, 3.05) is 42.5 Å². The molecule has 2 aromatic rings. The number of carbonyl (C=O) groups excluding carboxylic acids is 2. The summed E-state index contributed by atoms with van der Waals surface area (Å²) in [5.41, 5.74) is 3.13. The summed E-state index contributed by atoms with van der Waals surface area (Å²) in [7, 11) is 0. The number of amides is 1. The molecule has 29 heavy (non-hydrogen) atoms. The van der Waals surface area contributed by atoms with Gasteiger partial charge in [-0.2, -0.15) is 5.10 Å². The lowest BCUT2D eigenvalue weighted by atomic mass is 10.0. The van der Waals surface area contributed by atoms with E-state index in [4.69, 9.17) is 0 Å². The van der Waals surface area contributed by atoms with E-state index in [1.807, 2.05) is 29.8 Å². The molecule has 1 fully saturated rings. The van der Waals surface area contributed by atoms with Crippen LogP contribution >= 0.6 is 0 Å². The molecule has 1 saturated heterocycles. The maximum atomic E-state index is 12.7. The van der Waals surface area contributed by atoms with Crippen molar-refractivity contribution >= 4 is 23.2 Å². The number of rotatable bonds is 6. The average molecular weight is 396 g/mol. The molecule has 1 aromatic carbocycles. The van der Waals surface area contributed by atoms with Crippen LogP contribution in [0.2, 0.25) is 0 Å².